The standard InChI is InChI=1S/C13H8ClN5O3S/c14-9-3-4-10-12(18-22-17-10)13(9)23(20,21)19-8-2-1-7-6-15-16-11(7)5-8/h1-6,19H,(H,15,16). The Morgan fingerprint density at radius 3 is 2.91 bits per heavy atom. The fourth-order valence-corrected chi connectivity index (χ4v) is 3.98. The van der Waals surface area contributed by atoms with Crippen molar-refractivity contribution in [1.82, 2.24) is 20.5 Å². The second-order valence-electron chi connectivity index (χ2n) is 4.79. The van der Waals surface area contributed by atoms with E-state index in [1.165, 1.54) is 12.1 Å². The zero-order valence-electron chi connectivity index (χ0n) is 11.3. The van der Waals surface area contributed by atoms with Crippen LogP contribution >= 0.6 is 11.6 Å². The summed E-state index contributed by atoms with van der Waals surface area (Å²) in [6.07, 6.45) is 1.65. The first-order valence-corrected chi connectivity index (χ1v) is 8.27. The Labute approximate surface area is 134 Å². The van der Waals surface area contributed by atoms with Crippen LogP contribution in [-0.4, -0.2) is 28.9 Å². The molecule has 4 aromatic rings. The molecule has 0 amide bonds. The van der Waals surface area contributed by atoms with Gasteiger partial charge in [0.2, 0.25) is 0 Å². The predicted molar refractivity (Wildman–Crippen MR) is 83.7 cm³/mol. The Morgan fingerprint density at radius 1 is 1.17 bits per heavy atom. The van der Waals surface area contributed by atoms with Crippen LogP contribution in [0.5, 0.6) is 0 Å². The highest BCUT2D eigenvalue weighted by molar-refractivity contribution is 7.93. The number of nitrogens with one attached hydrogen (secondary N) is 2. The van der Waals surface area contributed by atoms with E-state index in [1.54, 1.807) is 24.4 Å². The van der Waals surface area contributed by atoms with Crippen LogP contribution in [-0.2, 0) is 10.0 Å². The molecular formula is C13H8ClN5O3S. The fourth-order valence-electron chi connectivity index (χ4n) is 2.27. The monoisotopic (exact) mass is 349 g/mol. The Morgan fingerprint density at radius 2 is 2.04 bits per heavy atom. The van der Waals surface area contributed by atoms with Crippen LogP contribution in [0.15, 0.2) is 46.1 Å². The molecule has 2 heterocycles. The molecule has 0 aliphatic rings. The van der Waals surface area contributed by atoms with Crippen LogP contribution in [0.4, 0.5) is 5.69 Å². The SMILES string of the molecule is O=S(=O)(Nc1ccc2cn[nH]c2c1)c1c(Cl)ccc2nonc12. The topological polar surface area (TPSA) is 114 Å². The minimum absolute atomic E-state index is 0.0309. The first-order valence-electron chi connectivity index (χ1n) is 6.41. The van der Waals surface area contributed by atoms with E-state index in [2.05, 4.69) is 29.9 Å². The second-order valence-corrected chi connectivity index (χ2v) is 6.81. The van der Waals surface area contributed by atoms with Crippen molar-refractivity contribution in [2.75, 3.05) is 4.72 Å². The van der Waals surface area contributed by atoms with Gasteiger partial charge in [-0.1, -0.05) is 11.6 Å². The third-order valence-corrected chi connectivity index (χ3v) is 5.18. The Balaban J connectivity index is 1.82. The maximum atomic E-state index is 12.7. The molecule has 23 heavy (non-hydrogen) atoms. The number of hydrogen-bond acceptors (Lipinski definition) is 6. The number of aromatic amines is 1. The van der Waals surface area contributed by atoms with E-state index < -0.39 is 10.0 Å². The molecule has 8 nitrogen and oxygen atoms in total. The normalized spacial score (nSPS) is 12.0. The number of H-pyrrole nitrogens is 1. The van der Waals surface area contributed by atoms with Crippen molar-refractivity contribution in [3.05, 3.63) is 41.6 Å². The first-order chi connectivity index (χ1) is 11.0. The van der Waals surface area contributed by atoms with Gasteiger partial charge in [0, 0.05) is 5.39 Å². The number of rotatable bonds is 3. The summed E-state index contributed by atoms with van der Waals surface area (Å²) in [6, 6.07) is 7.97. The van der Waals surface area contributed by atoms with E-state index in [1.807, 2.05) is 0 Å². The van der Waals surface area contributed by atoms with E-state index in [9.17, 15) is 8.42 Å². The maximum absolute atomic E-state index is 12.7. The lowest BCUT2D eigenvalue weighted by Crippen LogP contribution is -2.14. The number of aromatic nitrogens is 4. The Bertz CT molecular complexity index is 1130. The minimum atomic E-state index is -3.97. The highest BCUT2D eigenvalue weighted by Gasteiger charge is 2.24. The summed E-state index contributed by atoms with van der Waals surface area (Å²) in [6.45, 7) is 0. The molecule has 116 valence electrons. The number of anilines is 1. The molecule has 2 N–H and O–H groups in total. The van der Waals surface area contributed by atoms with Gasteiger partial charge in [0.05, 0.1) is 22.4 Å². The summed E-state index contributed by atoms with van der Waals surface area (Å²) >= 11 is 6.04. The number of nitrogens with zero attached hydrogens (tertiary/aromatic N) is 3. The van der Waals surface area contributed by atoms with E-state index in [0.29, 0.717) is 16.7 Å². The van der Waals surface area contributed by atoms with Gasteiger partial charge in [-0.05, 0) is 40.6 Å². The zero-order valence-corrected chi connectivity index (χ0v) is 12.9. The third-order valence-electron chi connectivity index (χ3n) is 3.30. The van der Waals surface area contributed by atoms with Crippen molar-refractivity contribution in [2.24, 2.45) is 0 Å². The van der Waals surface area contributed by atoms with Gasteiger partial charge in [-0.15, -0.1) is 0 Å². The summed E-state index contributed by atoms with van der Waals surface area (Å²) in [5, 5.41) is 14.8. The van der Waals surface area contributed by atoms with Gasteiger partial charge in [0.1, 0.15) is 10.4 Å². The molecule has 10 heteroatoms. The van der Waals surface area contributed by atoms with Gasteiger partial charge in [-0.2, -0.15) is 5.10 Å². The highest BCUT2D eigenvalue weighted by Crippen LogP contribution is 2.30. The molecule has 0 aliphatic carbocycles. The lowest BCUT2D eigenvalue weighted by molar-refractivity contribution is 0.315. The number of sulfonamides is 1. The van der Waals surface area contributed by atoms with E-state index in [0.717, 1.165) is 5.39 Å². The summed E-state index contributed by atoms with van der Waals surface area (Å²) in [5.41, 5.74) is 1.45. The van der Waals surface area contributed by atoms with Crippen LogP contribution < -0.4 is 4.72 Å². The van der Waals surface area contributed by atoms with Crippen molar-refractivity contribution in [2.45, 2.75) is 4.90 Å². The van der Waals surface area contributed by atoms with Crippen LogP contribution in [0.1, 0.15) is 0 Å². The zero-order chi connectivity index (χ0) is 16.0. The molecule has 0 atom stereocenters. The van der Waals surface area contributed by atoms with Crippen molar-refractivity contribution >= 4 is 49.2 Å². The number of fused-ring (bicyclic) bond motifs is 2. The predicted octanol–water partition coefficient (Wildman–Crippen LogP) is 2.55. The maximum Gasteiger partial charge on any atom is 0.265 e. The quantitative estimate of drug-likeness (QED) is 0.587. The molecule has 0 unspecified atom stereocenters. The summed E-state index contributed by atoms with van der Waals surface area (Å²) in [7, 11) is -3.97. The molecule has 0 spiro atoms. The van der Waals surface area contributed by atoms with Crippen LogP contribution in [0.3, 0.4) is 0 Å². The average molecular weight is 350 g/mol. The molecular weight excluding hydrogens is 342 g/mol. The molecule has 0 radical (unpaired) electrons. The second kappa shape index (κ2) is 4.93. The lowest BCUT2D eigenvalue weighted by Gasteiger charge is -2.09. The summed E-state index contributed by atoms with van der Waals surface area (Å²) in [4.78, 5) is -0.178. The van der Waals surface area contributed by atoms with E-state index in [-0.39, 0.29) is 15.4 Å². The molecule has 0 saturated carbocycles. The lowest BCUT2D eigenvalue weighted by atomic mass is 10.2. The van der Waals surface area contributed by atoms with Crippen molar-refractivity contribution in [1.29, 1.82) is 0 Å². The Kier molecular flexibility index (Phi) is 3.00. The van der Waals surface area contributed by atoms with Gasteiger partial charge in [0.15, 0.2) is 5.52 Å². The van der Waals surface area contributed by atoms with Gasteiger partial charge in [0.25, 0.3) is 10.0 Å². The average Bonchev–Trinajstić information content (AvgIpc) is 3.13. The van der Waals surface area contributed by atoms with Crippen molar-refractivity contribution in [3.63, 3.8) is 0 Å². The molecule has 2 aromatic carbocycles. The number of benzene rings is 2. The third kappa shape index (κ3) is 2.30. The van der Waals surface area contributed by atoms with Crippen molar-refractivity contribution < 1.29 is 13.0 Å². The molecule has 0 fully saturated rings. The van der Waals surface area contributed by atoms with Crippen LogP contribution in [0, 0.1) is 0 Å². The molecule has 4 rings (SSSR count). The number of halogens is 1. The largest absolute Gasteiger partial charge is 0.279 e. The smallest absolute Gasteiger partial charge is 0.265 e. The molecule has 0 saturated heterocycles. The Hall–Kier alpha value is -2.65. The van der Waals surface area contributed by atoms with Gasteiger partial charge in [-0.3, -0.25) is 9.82 Å². The first kappa shape index (κ1) is 14.0. The summed E-state index contributed by atoms with van der Waals surface area (Å²) < 4.78 is 32.4. The minimum Gasteiger partial charge on any atom is -0.279 e. The molecule has 0 bridgehead atoms. The molecule has 0 aliphatic heterocycles. The highest BCUT2D eigenvalue weighted by atomic mass is 35.5. The van der Waals surface area contributed by atoms with Crippen LogP contribution in [0.2, 0.25) is 5.02 Å². The van der Waals surface area contributed by atoms with E-state index in [4.69, 9.17) is 11.6 Å². The van der Waals surface area contributed by atoms with Crippen molar-refractivity contribution in [3.8, 4) is 0 Å². The molecule has 2 aromatic heterocycles. The van der Waals surface area contributed by atoms with Gasteiger partial charge < -0.3 is 0 Å². The van der Waals surface area contributed by atoms with Gasteiger partial charge >= 0.3 is 0 Å². The van der Waals surface area contributed by atoms with Gasteiger partial charge in [-0.25, -0.2) is 13.0 Å². The fraction of sp³-hybridized carbons (Fsp3) is 0. The van der Waals surface area contributed by atoms with E-state index >= 15 is 0 Å². The van der Waals surface area contributed by atoms with Crippen LogP contribution in [0.25, 0.3) is 21.9 Å². The number of hydrogen-bond donors (Lipinski definition) is 2. The summed E-state index contributed by atoms with van der Waals surface area (Å²) in [5.74, 6) is 0.